The molecule has 1 atom stereocenters. The summed E-state index contributed by atoms with van der Waals surface area (Å²) in [5.41, 5.74) is 1.24. The van der Waals surface area contributed by atoms with Gasteiger partial charge in [0.05, 0.1) is 12.4 Å². The maximum absolute atomic E-state index is 13.0. The Kier molecular flexibility index (Phi) is 6.44. The minimum absolute atomic E-state index is 0.0362. The van der Waals surface area contributed by atoms with Crippen molar-refractivity contribution in [2.45, 2.75) is 16.6 Å². The van der Waals surface area contributed by atoms with Gasteiger partial charge in [0, 0.05) is 22.4 Å². The second-order valence-corrected chi connectivity index (χ2v) is 7.28. The monoisotopic (exact) mass is 376 g/mol. The molecule has 0 bridgehead atoms. The number of rotatable bonds is 8. The number of benzene rings is 3. The molecule has 0 aliphatic rings. The van der Waals surface area contributed by atoms with Crippen LogP contribution in [0.25, 0.3) is 0 Å². The lowest BCUT2D eigenvalue weighted by Gasteiger charge is -2.15. The predicted molar refractivity (Wildman–Crippen MR) is 109 cm³/mol. The number of ketones is 2. The Labute approximate surface area is 163 Å². The number of carbonyl (C=O) groups excluding carboxylic acids is 2. The molecule has 0 aromatic heterocycles. The first-order valence-electron chi connectivity index (χ1n) is 8.65. The van der Waals surface area contributed by atoms with Crippen molar-refractivity contribution in [3.05, 3.63) is 96.1 Å². The van der Waals surface area contributed by atoms with Gasteiger partial charge >= 0.3 is 0 Å². The van der Waals surface area contributed by atoms with Gasteiger partial charge in [-0.3, -0.25) is 9.59 Å². The van der Waals surface area contributed by atoms with Crippen molar-refractivity contribution in [3.63, 3.8) is 0 Å². The van der Waals surface area contributed by atoms with Crippen LogP contribution < -0.4 is 4.74 Å². The van der Waals surface area contributed by atoms with Gasteiger partial charge in [0.1, 0.15) is 5.75 Å². The molecule has 0 heterocycles. The van der Waals surface area contributed by atoms with E-state index in [4.69, 9.17) is 4.74 Å². The molecule has 0 amide bonds. The molecule has 0 radical (unpaired) electrons. The fourth-order valence-corrected chi connectivity index (χ4v) is 3.80. The Hall–Kier alpha value is -2.85. The summed E-state index contributed by atoms with van der Waals surface area (Å²) in [7, 11) is 1.61. The van der Waals surface area contributed by atoms with E-state index in [1.54, 1.807) is 31.4 Å². The number of methoxy groups -OCH3 is 1. The molecule has 0 aliphatic carbocycles. The molecule has 0 aliphatic heterocycles. The Morgan fingerprint density at radius 2 is 1.37 bits per heavy atom. The number of hydrogen-bond donors (Lipinski definition) is 0. The lowest BCUT2D eigenvalue weighted by atomic mass is 10.0. The molecule has 136 valence electrons. The normalized spacial score (nSPS) is 11.6. The minimum Gasteiger partial charge on any atom is -0.497 e. The highest BCUT2D eigenvalue weighted by Crippen LogP contribution is 2.30. The number of carbonyl (C=O) groups is 2. The lowest BCUT2D eigenvalue weighted by molar-refractivity contribution is 0.0924. The van der Waals surface area contributed by atoms with Gasteiger partial charge < -0.3 is 4.74 Å². The van der Waals surface area contributed by atoms with Crippen molar-refractivity contribution < 1.29 is 14.3 Å². The Morgan fingerprint density at radius 1 is 0.815 bits per heavy atom. The number of hydrogen-bond acceptors (Lipinski definition) is 4. The summed E-state index contributed by atoms with van der Waals surface area (Å²) in [5, 5.41) is -0.492. The molecule has 0 saturated heterocycles. The highest BCUT2D eigenvalue weighted by molar-refractivity contribution is 8.00. The SMILES string of the molecule is COc1ccc(S[C@@H](CC(=O)c2ccccc2)C(=O)c2ccccc2)cc1. The highest BCUT2D eigenvalue weighted by atomic mass is 32.2. The van der Waals surface area contributed by atoms with E-state index in [0.717, 1.165) is 10.6 Å². The van der Waals surface area contributed by atoms with Crippen LogP contribution in [0.1, 0.15) is 27.1 Å². The first-order chi connectivity index (χ1) is 13.2. The molecule has 0 fully saturated rings. The smallest absolute Gasteiger partial charge is 0.176 e. The van der Waals surface area contributed by atoms with Gasteiger partial charge in [0.2, 0.25) is 0 Å². The molecular weight excluding hydrogens is 356 g/mol. The van der Waals surface area contributed by atoms with Gasteiger partial charge in [-0.05, 0) is 24.3 Å². The fraction of sp³-hybridized carbons (Fsp3) is 0.130. The van der Waals surface area contributed by atoms with Gasteiger partial charge in [-0.15, -0.1) is 11.8 Å². The topological polar surface area (TPSA) is 43.4 Å². The molecule has 27 heavy (non-hydrogen) atoms. The quantitative estimate of drug-likeness (QED) is 0.395. The van der Waals surface area contributed by atoms with Crippen LogP contribution in [0.15, 0.2) is 89.8 Å². The molecule has 0 N–H and O–H groups in total. The van der Waals surface area contributed by atoms with Crippen LogP contribution in [0.2, 0.25) is 0 Å². The number of Topliss-reactive ketones (excluding diaryl/α,β-unsaturated/α-hetero) is 2. The van der Waals surface area contributed by atoms with Gasteiger partial charge in [-0.25, -0.2) is 0 Å². The van der Waals surface area contributed by atoms with E-state index in [2.05, 4.69) is 0 Å². The minimum atomic E-state index is -0.492. The molecule has 0 saturated carbocycles. The standard InChI is InChI=1S/C23H20O3S/c1-26-19-12-14-20(15-13-19)27-22(23(25)18-10-6-3-7-11-18)16-21(24)17-8-4-2-5-9-17/h2-15,22H,16H2,1H3/t22-/m0/s1. The Balaban J connectivity index is 1.83. The highest BCUT2D eigenvalue weighted by Gasteiger charge is 2.25. The second-order valence-electron chi connectivity index (χ2n) is 6.01. The van der Waals surface area contributed by atoms with E-state index in [1.165, 1.54) is 11.8 Å². The summed E-state index contributed by atoms with van der Waals surface area (Å²) in [6.07, 6.45) is 0.147. The third kappa shape index (κ3) is 5.08. The maximum atomic E-state index is 13.0. The van der Waals surface area contributed by atoms with Crippen LogP contribution in [-0.4, -0.2) is 23.9 Å². The zero-order valence-electron chi connectivity index (χ0n) is 15.0. The van der Waals surface area contributed by atoms with Gasteiger partial charge in [-0.1, -0.05) is 60.7 Å². The number of ether oxygens (including phenoxy) is 1. The summed E-state index contributed by atoms with van der Waals surface area (Å²) in [4.78, 5) is 26.7. The average molecular weight is 376 g/mol. The van der Waals surface area contributed by atoms with Crippen LogP contribution >= 0.6 is 11.8 Å². The van der Waals surface area contributed by atoms with Crippen LogP contribution in [0.5, 0.6) is 5.75 Å². The zero-order valence-corrected chi connectivity index (χ0v) is 15.8. The molecule has 0 spiro atoms. The Morgan fingerprint density at radius 3 is 1.93 bits per heavy atom. The first-order valence-corrected chi connectivity index (χ1v) is 9.53. The van der Waals surface area contributed by atoms with Crippen molar-refractivity contribution >= 4 is 23.3 Å². The summed E-state index contributed by atoms with van der Waals surface area (Å²) in [5.74, 6) is 0.678. The van der Waals surface area contributed by atoms with Crippen molar-refractivity contribution in [1.29, 1.82) is 0 Å². The molecule has 3 nitrogen and oxygen atoms in total. The van der Waals surface area contributed by atoms with Crippen molar-refractivity contribution in [2.24, 2.45) is 0 Å². The zero-order chi connectivity index (χ0) is 19.1. The summed E-state index contributed by atoms with van der Waals surface area (Å²) in [6, 6.07) is 25.7. The molecule has 4 heteroatoms. The predicted octanol–water partition coefficient (Wildman–Crippen LogP) is 5.31. The Bertz CT molecular complexity index is 890. The maximum Gasteiger partial charge on any atom is 0.176 e. The largest absolute Gasteiger partial charge is 0.497 e. The van der Waals surface area contributed by atoms with Gasteiger partial charge in [-0.2, -0.15) is 0 Å². The molecule has 3 aromatic rings. The van der Waals surface area contributed by atoms with Crippen LogP contribution in [0.4, 0.5) is 0 Å². The third-order valence-electron chi connectivity index (χ3n) is 4.16. The van der Waals surface area contributed by atoms with Crippen molar-refractivity contribution in [1.82, 2.24) is 0 Å². The van der Waals surface area contributed by atoms with E-state index in [-0.39, 0.29) is 18.0 Å². The van der Waals surface area contributed by atoms with Crippen LogP contribution in [0, 0.1) is 0 Å². The van der Waals surface area contributed by atoms with E-state index in [1.807, 2.05) is 60.7 Å². The molecule has 3 rings (SSSR count). The average Bonchev–Trinajstić information content (AvgIpc) is 2.74. The van der Waals surface area contributed by atoms with Gasteiger partial charge in [0.25, 0.3) is 0 Å². The molecule has 3 aromatic carbocycles. The van der Waals surface area contributed by atoms with E-state index in [9.17, 15) is 9.59 Å². The van der Waals surface area contributed by atoms with E-state index in [0.29, 0.717) is 11.1 Å². The first kappa shape index (κ1) is 18.9. The summed E-state index contributed by atoms with van der Waals surface area (Å²) < 4.78 is 5.18. The van der Waals surface area contributed by atoms with Crippen LogP contribution in [0.3, 0.4) is 0 Å². The summed E-state index contributed by atoms with van der Waals surface area (Å²) in [6.45, 7) is 0. The third-order valence-corrected chi connectivity index (χ3v) is 5.36. The van der Waals surface area contributed by atoms with Crippen molar-refractivity contribution in [3.8, 4) is 5.75 Å². The van der Waals surface area contributed by atoms with Crippen molar-refractivity contribution in [2.75, 3.05) is 7.11 Å². The molecule has 0 unspecified atom stereocenters. The lowest BCUT2D eigenvalue weighted by Crippen LogP contribution is -2.21. The number of thioether (sulfide) groups is 1. The second kappa shape index (κ2) is 9.19. The van der Waals surface area contributed by atoms with Crippen LogP contribution in [-0.2, 0) is 0 Å². The molecular formula is C23H20O3S. The van der Waals surface area contributed by atoms with Gasteiger partial charge in [0.15, 0.2) is 11.6 Å². The fourth-order valence-electron chi connectivity index (χ4n) is 2.71. The summed E-state index contributed by atoms with van der Waals surface area (Å²) >= 11 is 1.41. The van der Waals surface area contributed by atoms with E-state index < -0.39 is 5.25 Å². The van der Waals surface area contributed by atoms with E-state index >= 15 is 0 Å².